The Balaban J connectivity index is 2.10. The first-order valence-corrected chi connectivity index (χ1v) is 5.30. The largest absolute Gasteiger partial charge is 0.330 e. The van der Waals surface area contributed by atoms with Crippen LogP contribution in [0.4, 0.5) is 0 Å². The second-order valence-corrected chi connectivity index (χ2v) is 4.38. The van der Waals surface area contributed by atoms with Crippen LogP contribution in [0.3, 0.4) is 0 Å². The van der Waals surface area contributed by atoms with Gasteiger partial charge in [0.05, 0.1) is 0 Å². The molecule has 1 rings (SSSR count). The van der Waals surface area contributed by atoms with E-state index in [-0.39, 0.29) is 0 Å². The van der Waals surface area contributed by atoms with Gasteiger partial charge < -0.3 is 16.0 Å². The Kier molecular flexibility index (Phi) is 4.70. The lowest BCUT2D eigenvalue weighted by Crippen LogP contribution is -2.42. The summed E-state index contributed by atoms with van der Waals surface area (Å²) in [6, 6.07) is 0.727. The van der Waals surface area contributed by atoms with E-state index in [0.29, 0.717) is 0 Å². The lowest BCUT2D eigenvalue weighted by Gasteiger charge is -2.29. The molecule has 0 aromatic carbocycles. The van der Waals surface area contributed by atoms with Gasteiger partial charge in [-0.2, -0.15) is 0 Å². The summed E-state index contributed by atoms with van der Waals surface area (Å²) in [5.74, 6) is 0.718. The van der Waals surface area contributed by atoms with Crippen molar-refractivity contribution in [2.24, 2.45) is 11.7 Å². The van der Waals surface area contributed by atoms with Gasteiger partial charge in [-0.15, -0.1) is 0 Å². The molecule has 2 atom stereocenters. The summed E-state index contributed by atoms with van der Waals surface area (Å²) in [6.07, 6.45) is 3.88. The fourth-order valence-corrected chi connectivity index (χ4v) is 1.84. The maximum Gasteiger partial charge on any atom is 0.00794 e. The smallest absolute Gasteiger partial charge is 0.00794 e. The molecule has 1 aliphatic heterocycles. The Morgan fingerprint density at radius 3 is 2.62 bits per heavy atom. The zero-order valence-corrected chi connectivity index (χ0v) is 8.92. The molecule has 13 heavy (non-hydrogen) atoms. The SMILES string of the molecule is CN(C)CCC1CCC(CN)CN1. The monoisotopic (exact) mass is 185 g/mol. The predicted octanol–water partition coefficient (Wildman–Crippen LogP) is 0.265. The van der Waals surface area contributed by atoms with Gasteiger partial charge in [0.15, 0.2) is 0 Å². The van der Waals surface area contributed by atoms with Crippen LogP contribution in [0.5, 0.6) is 0 Å². The molecule has 0 aromatic rings. The van der Waals surface area contributed by atoms with Gasteiger partial charge in [0, 0.05) is 6.04 Å². The summed E-state index contributed by atoms with van der Waals surface area (Å²) in [6.45, 7) is 3.15. The van der Waals surface area contributed by atoms with Gasteiger partial charge in [-0.3, -0.25) is 0 Å². The zero-order valence-electron chi connectivity index (χ0n) is 8.92. The van der Waals surface area contributed by atoms with Gasteiger partial charge in [0.25, 0.3) is 0 Å². The van der Waals surface area contributed by atoms with Gasteiger partial charge in [-0.25, -0.2) is 0 Å². The van der Waals surface area contributed by atoms with E-state index in [0.717, 1.165) is 25.0 Å². The third-order valence-corrected chi connectivity index (χ3v) is 2.88. The molecule has 0 saturated carbocycles. The first-order chi connectivity index (χ1) is 6.22. The lowest BCUT2D eigenvalue weighted by atomic mass is 9.93. The van der Waals surface area contributed by atoms with Crippen molar-refractivity contribution in [3.8, 4) is 0 Å². The van der Waals surface area contributed by atoms with Gasteiger partial charge in [-0.1, -0.05) is 0 Å². The average molecular weight is 185 g/mol. The van der Waals surface area contributed by atoms with Crippen LogP contribution in [-0.4, -0.2) is 44.7 Å². The molecular weight excluding hydrogens is 162 g/mol. The number of nitrogens with zero attached hydrogens (tertiary/aromatic N) is 1. The normalized spacial score (nSPS) is 29.5. The third-order valence-electron chi connectivity index (χ3n) is 2.88. The highest BCUT2D eigenvalue weighted by molar-refractivity contribution is 4.78. The summed E-state index contributed by atoms with van der Waals surface area (Å²) in [7, 11) is 4.26. The van der Waals surface area contributed by atoms with Gasteiger partial charge in [0.2, 0.25) is 0 Å². The zero-order chi connectivity index (χ0) is 9.68. The number of nitrogens with one attached hydrogen (secondary N) is 1. The van der Waals surface area contributed by atoms with E-state index in [1.165, 1.54) is 25.8 Å². The molecule has 0 bridgehead atoms. The number of piperidine rings is 1. The Labute approximate surface area is 81.7 Å². The average Bonchev–Trinajstić information content (AvgIpc) is 2.15. The summed E-state index contributed by atoms with van der Waals surface area (Å²) in [5.41, 5.74) is 5.62. The lowest BCUT2D eigenvalue weighted by molar-refractivity contribution is 0.279. The minimum Gasteiger partial charge on any atom is -0.330 e. The molecular formula is C10H23N3. The molecule has 78 valence electrons. The van der Waals surface area contributed by atoms with Crippen LogP contribution in [0, 0.1) is 5.92 Å². The molecule has 1 fully saturated rings. The highest BCUT2D eigenvalue weighted by Gasteiger charge is 2.18. The van der Waals surface area contributed by atoms with Crippen molar-refractivity contribution in [2.75, 3.05) is 33.7 Å². The number of rotatable bonds is 4. The Morgan fingerprint density at radius 1 is 1.38 bits per heavy atom. The Morgan fingerprint density at radius 2 is 2.15 bits per heavy atom. The molecule has 0 aliphatic carbocycles. The minimum absolute atomic E-state index is 0.718. The molecule has 3 nitrogen and oxygen atoms in total. The van der Waals surface area contributed by atoms with E-state index < -0.39 is 0 Å². The quantitative estimate of drug-likeness (QED) is 0.660. The number of nitrogens with two attached hydrogens (primary N) is 1. The second-order valence-electron chi connectivity index (χ2n) is 4.38. The second kappa shape index (κ2) is 5.58. The van der Waals surface area contributed by atoms with E-state index in [2.05, 4.69) is 24.3 Å². The Hall–Kier alpha value is -0.120. The first-order valence-electron chi connectivity index (χ1n) is 5.30. The van der Waals surface area contributed by atoms with Crippen LogP contribution < -0.4 is 11.1 Å². The molecule has 0 radical (unpaired) electrons. The molecule has 0 spiro atoms. The number of hydrogen-bond donors (Lipinski definition) is 2. The molecule has 0 aromatic heterocycles. The summed E-state index contributed by atoms with van der Waals surface area (Å²) in [4.78, 5) is 2.25. The summed E-state index contributed by atoms with van der Waals surface area (Å²) >= 11 is 0. The molecule has 3 N–H and O–H groups in total. The molecule has 0 amide bonds. The predicted molar refractivity (Wildman–Crippen MR) is 56.7 cm³/mol. The first kappa shape index (κ1) is 11.0. The number of hydrogen-bond acceptors (Lipinski definition) is 3. The van der Waals surface area contributed by atoms with E-state index in [1.807, 2.05) is 0 Å². The van der Waals surface area contributed by atoms with Crippen LogP contribution >= 0.6 is 0 Å². The standard InChI is InChI=1S/C10H23N3/c1-13(2)6-5-10-4-3-9(7-11)8-12-10/h9-10,12H,3-8,11H2,1-2H3. The van der Waals surface area contributed by atoms with Crippen LogP contribution in [0.15, 0.2) is 0 Å². The van der Waals surface area contributed by atoms with Crippen molar-refractivity contribution in [3.63, 3.8) is 0 Å². The summed E-state index contributed by atoms with van der Waals surface area (Å²) < 4.78 is 0. The van der Waals surface area contributed by atoms with Crippen molar-refractivity contribution in [2.45, 2.75) is 25.3 Å². The molecule has 1 saturated heterocycles. The van der Waals surface area contributed by atoms with E-state index in [4.69, 9.17) is 5.73 Å². The van der Waals surface area contributed by atoms with Crippen molar-refractivity contribution >= 4 is 0 Å². The van der Waals surface area contributed by atoms with E-state index in [9.17, 15) is 0 Å². The fraction of sp³-hybridized carbons (Fsp3) is 1.00. The van der Waals surface area contributed by atoms with Gasteiger partial charge in [-0.05, 0) is 58.9 Å². The van der Waals surface area contributed by atoms with Crippen molar-refractivity contribution in [1.29, 1.82) is 0 Å². The molecule has 1 heterocycles. The Bertz CT molecular complexity index is 128. The third kappa shape index (κ3) is 4.07. The van der Waals surface area contributed by atoms with Crippen molar-refractivity contribution < 1.29 is 0 Å². The molecule has 1 aliphatic rings. The highest BCUT2D eigenvalue weighted by atomic mass is 15.1. The van der Waals surface area contributed by atoms with Crippen LogP contribution in [0.1, 0.15) is 19.3 Å². The maximum atomic E-state index is 5.62. The van der Waals surface area contributed by atoms with Crippen LogP contribution in [0.25, 0.3) is 0 Å². The minimum atomic E-state index is 0.718. The highest BCUT2D eigenvalue weighted by Crippen LogP contribution is 2.15. The molecule has 3 heteroatoms. The van der Waals surface area contributed by atoms with Gasteiger partial charge >= 0.3 is 0 Å². The summed E-state index contributed by atoms with van der Waals surface area (Å²) in [5, 5.41) is 3.57. The van der Waals surface area contributed by atoms with Crippen molar-refractivity contribution in [3.05, 3.63) is 0 Å². The van der Waals surface area contributed by atoms with Gasteiger partial charge in [0.1, 0.15) is 0 Å². The maximum absolute atomic E-state index is 5.62. The fourth-order valence-electron chi connectivity index (χ4n) is 1.84. The topological polar surface area (TPSA) is 41.3 Å². The van der Waals surface area contributed by atoms with Crippen molar-refractivity contribution in [1.82, 2.24) is 10.2 Å². The van der Waals surface area contributed by atoms with Crippen LogP contribution in [0.2, 0.25) is 0 Å². The van der Waals surface area contributed by atoms with E-state index >= 15 is 0 Å². The molecule has 2 unspecified atom stereocenters. The van der Waals surface area contributed by atoms with Crippen LogP contribution in [-0.2, 0) is 0 Å². The van der Waals surface area contributed by atoms with E-state index in [1.54, 1.807) is 0 Å².